The second-order valence-corrected chi connectivity index (χ2v) is 6.37. The molecule has 0 aliphatic heterocycles. The van der Waals surface area contributed by atoms with Gasteiger partial charge in [0.25, 0.3) is 0 Å². The fourth-order valence-corrected chi connectivity index (χ4v) is 4.01. The number of halogens is 1. The molecule has 3 nitrogen and oxygen atoms in total. The van der Waals surface area contributed by atoms with Gasteiger partial charge in [-0.25, -0.2) is 0 Å². The largest absolute Gasteiger partial charge is 0.319 e. The van der Waals surface area contributed by atoms with E-state index in [1.54, 1.807) is 0 Å². The molecule has 1 aromatic heterocycles. The van der Waals surface area contributed by atoms with Crippen LogP contribution in [-0.2, 0) is 7.05 Å². The molecule has 0 amide bonds. The zero-order valence-corrected chi connectivity index (χ0v) is 13.2. The third-order valence-corrected chi connectivity index (χ3v) is 5.05. The Kier molecular flexibility index (Phi) is 4.84. The topological polar surface area (TPSA) is 29.9 Å². The molecule has 2 rings (SSSR count). The molecule has 3 atom stereocenters. The predicted molar refractivity (Wildman–Crippen MR) is 78.7 cm³/mol. The van der Waals surface area contributed by atoms with Crippen LogP contribution in [0.4, 0.5) is 0 Å². The van der Waals surface area contributed by atoms with Crippen LogP contribution in [0.25, 0.3) is 0 Å². The quantitative estimate of drug-likeness (QED) is 0.924. The van der Waals surface area contributed by atoms with E-state index in [0.717, 1.165) is 18.4 Å². The Balaban J connectivity index is 2.24. The number of aryl methyl sites for hydroxylation is 1. The summed E-state index contributed by atoms with van der Waals surface area (Å²) < 4.78 is 3.22. The van der Waals surface area contributed by atoms with Crippen LogP contribution < -0.4 is 5.32 Å². The van der Waals surface area contributed by atoms with E-state index in [4.69, 9.17) is 0 Å². The van der Waals surface area contributed by atoms with Crippen LogP contribution in [-0.4, -0.2) is 23.4 Å². The molecule has 0 radical (unpaired) electrons. The zero-order chi connectivity index (χ0) is 13.1. The van der Waals surface area contributed by atoms with Crippen LogP contribution in [0.1, 0.15) is 44.2 Å². The van der Waals surface area contributed by atoms with E-state index in [1.807, 2.05) is 6.20 Å². The van der Waals surface area contributed by atoms with E-state index < -0.39 is 0 Å². The molecule has 1 saturated carbocycles. The average Bonchev–Trinajstić information content (AvgIpc) is 2.70. The zero-order valence-electron chi connectivity index (χ0n) is 11.6. The highest BCUT2D eigenvalue weighted by Crippen LogP contribution is 2.43. The van der Waals surface area contributed by atoms with Crippen LogP contribution in [0.5, 0.6) is 0 Å². The normalized spacial score (nSPS) is 28.6. The van der Waals surface area contributed by atoms with Gasteiger partial charge in [0, 0.05) is 13.0 Å². The van der Waals surface area contributed by atoms with Crippen molar-refractivity contribution in [3.8, 4) is 0 Å². The second kappa shape index (κ2) is 6.20. The Hall–Kier alpha value is -0.350. The van der Waals surface area contributed by atoms with Crippen molar-refractivity contribution in [2.75, 3.05) is 13.6 Å². The van der Waals surface area contributed by atoms with Gasteiger partial charge in [-0.05, 0) is 54.2 Å². The second-order valence-electron chi connectivity index (χ2n) is 5.51. The first-order valence-electron chi connectivity index (χ1n) is 6.99. The summed E-state index contributed by atoms with van der Waals surface area (Å²) in [7, 11) is 4.12. The maximum Gasteiger partial charge on any atom is 0.0635 e. The van der Waals surface area contributed by atoms with Crippen molar-refractivity contribution in [2.24, 2.45) is 18.9 Å². The number of nitrogens with one attached hydrogen (secondary N) is 1. The highest BCUT2D eigenvalue weighted by Gasteiger charge is 2.33. The van der Waals surface area contributed by atoms with E-state index in [0.29, 0.717) is 5.92 Å². The van der Waals surface area contributed by atoms with Crippen molar-refractivity contribution in [1.29, 1.82) is 0 Å². The van der Waals surface area contributed by atoms with Crippen molar-refractivity contribution < 1.29 is 0 Å². The molecule has 0 saturated heterocycles. The van der Waals surface area contributed by atoms with Gasteiger partial charge >= 0.3 is 0 Å². The first-order valence-corrected chi connectivity index (χ1v) is 7.78. The number of nitrogens with zero attached hydrogens (tertiary/aromatic N) is 2. The molecule has 1 aliphatic carbocycles. The molecule has 0 spiro atoms. The Morgan fingerprint density at radius 1 is 1.50 bits per heavy atom. The molecule has 0 aromatic carbocycles. The maximum absolute atomic E-state index is 4.39. The van der Waals surface area contributed by atoms with Crippen molar-refractivity contribution in [2.45, 2.75) is 38.5 Å². The molecule has 4 heteroatoms. The Morgan fingerprint density at radius 3 is 2.83 bits per heavy atom. The molecule has 1 aliphatic rings. The Morgan fingerprint density at radius 2 is 2.28 bits per heavy atom. The highest BCUT2D eigenvalue weighted by molar-refractivity contribution is 9.10. The lowest BCUT2D eigenvalue weighted by molar-refractivity contribution is 0.221. The average molecular weight is 314 g/mol. The third-order valence-electron chi connectivity index (χ3n) is 4.43. The van der Waals surface area contributed by atoms with Crippen LogP contribution in [0, 0.1) is 11.8 Å². The van der Waals surface area contributed by atoms with E-state index in [-0.39, 0.29) is 0 Å². The van der Waals surface area contributed by atoms with Crippen LogP contribution >= 0.6 is 15.9 Å². The summed E-state index contributed by atoms with van der Waals surface area (Å²) in [5.41, 5.74) is 1.38. The minimum absolute atomic E-state index is 0.637. The summed E-state index contributed by atoms with van der Waals surface area (Å²) in [4.78, 5) is 0. The van der Waals surface area contributed by atoms with Crippen LogP contribution in [0.15, 0.2) is 10.7 Å². The lowest BCUT2D eigenvalue weighted by Crippen LogP contribution is -2.31. The van der Waals surface area contributed by atoms with Gasteiger partial charge in [0.1, 0.15) is 0 Å². The monoisotopic (exact) mass is 313 g/mol. The first-order chi connectivity index (χ1) is 8.67. The van der Waals surface area contributed by atoms with Gasteiger partial charge in [-0.2, -0.15) is 5.10 Å². The standard InChI is InChI=1S/C14H24BrN3/c1-4-10-5-6-11(8-16-2)12(7-10)14-13(15)9-17-18(14)3/h9-12,16H,4-8H2,1-3H3. The molecule has 1 aromatic rings. The number of hydrogen-bond acceptors (Lipinski definition) is 2. The smallest absolute Gasteiger partial charge is 0.0635 e. The maximum atomic E-state index is 4.39. The van der Waals surface area contributed by atoms with Crippen molar-refractivity contribution in [1.82, 2.24) is 15.1 Å². The van der Waals surface area contributed by atoms with Gasteiger partial charge in [0.2, 0.25) is 0 Å². The molecule has 1 fully saturated rings. The summed E-state index contributed by atoms with van der Waals surface area (Å²) in [6, 6.07) is 0. The van der Waals surface area contributed by atoms with Gasteiger partial charge in [-0.15, -0.1) is 0 Å². The summed E-state index contributed by atoms with van der Waals surface area (Å²) in [5.74, 6) is 2.26. The third kappa shape index (κ3) is 2.80. The lowest BCUT2D eigenvalue weighted by Gasteiger charge is -2.36. The van der Waals surface area contributed by atoms with E-state index in [1.165, 1.54) is 35.8 Å². The predicted octanol–water partition coefficient (Wildman–Crippen LogP) is 3.31. The lowest BCUT2D eigenvalue weighted by atomic mass is 9.72. The fourth-order valence-electron chi connectivity index (χ4n) is 3.37. The molecule has 18 heavy (non-hydrogen) atoms. The number of aromatic nitrogens is 2. The van der Waals surface area contributed by atoms with Crippen LogP contribution in [0.2, 0.25) is 0 Å². The Labute approximate surface area is 118 Å². The first kappa shape index (κ1) is 14.1. The highest BCUT2D eigenvalue weighted by atomic mass is 79.9. The van der Waals surface area contributed by atoms with Crippen LogP contribution in [0.3, 0.4) is 0 Å². The van der Waals surface area contributed by atoms with Crippen molar-refractivity contribution in [3.05, 3.63) is 16.4 Å². The summed E-state index contributed by atoms with van der Waals surface area (Å²) >= 11 is 3.67. The van der Waals surface area contributed by atoms with Gasteiger partial charge < -0.3 is 5.32 Å². The van der Waals surface area contributed by atoms with Gasteiger partial charge in [0.15, 0.2) is 0 Å². The summed E-state index contributed by atoms with van der Waals surface area (Å²) in [5, 5.41) is 7.74. The molecule has 1 heterocycles. The van der Waals surface area contributed by atoms with E-state index in [2.05, 4.69) is 52.0 Å². The van der Waals surface area contributed by atoms with Gasteiger partial charge in [-0.1, -0.05) is 19.8 Å². The van der Waals surface area contributed by atoms with Crippen molar-refractivity contribution >= 4 is 15.9 Å². The minimum Gasteiger partial charge on any atom is -0.319 e. The summed E-state index contributed by atoms with van der Waals surface area (Å²) in [6.07, 6.45) is 7.26. The SMILES string of the molecule is CCC1CCC(CNC)C(c2c(Br)cnn2C)C1. The van der Waals surface area contributed by atoms with Crippen molar-refractivity contribution in [3.63, 3.8) is 0 Å². The van der Waals surface area contributed by atoms with Gasteiger partial charge in [-0.3, -0.25) is 4.68 Å². The molecule has 3 unspecified atom stereocenters. The number of rotatable bonds is 4. The Bertz CT molecular complexity index is 369. The van der Waals surface area contributed by atoms with E-state index in [9.17, 15) is 0 Å². The molecule has 1 N–H and O–H groups in total. The minimum atomic E-state index is 0.637. The molecule has 0 bridgehead atoms. The fraction of sp³-hybridized carbons (Fsp3) is 0.786. The van der Waals surface area contributed by atoms with E-state index >= 15 is 0 Å². The molecular formula is C14H24BrN3. The molecule has 102 valence electrons. The number of hydrogen-bond donors (Lipinski definition) is 1. The van der Waals surface area contributed by atoms with Gasteiger partial charge in [0.05, 0.1) is 16.4 Å². The summed E-state index contributed by atoms with van der Waals surface area (Å²) in [6.45, 7) is 3.43. The molecular weight excluding hydrogens is 290 g/mol.